The second kappa shape index (κ2) is 8.47. The lowest BCUT2D eigenvalue weighted by Gasteiger charge is -2.45. The summed E-state index contributed by atoms with van der Waals surface area (Å²) in [6, 6.07) is 19.0. The number of hydrogen-bond donors (Lipinski definition) is 0. The van der Waals surface area contributed by atoms with Crippen LogP contribution in [0.5, 0.6) is 0 Å². The normalized spacial score (nSPS) is 33.2. The minimum absolute atomic E-state index is 0.00635. The van der Waals surface area contributed by atoms with E-state index in [1.165, 1.54) is 0 Å². The summed E-state index contributed by atoms with van der Waals surface area (Å²) in [7, 11) is 0. The van der Waals surface area contributed by atoms with Crippen LogP contribution in [0.1, 0.15) is 41.5 Å². The summed E-state index contributed by atoms with van der Waals surface area (Å²) >= 11 is 0. The Morgan fingerprint density at radius 3 is 2.57 bits per heavy atom. The fourth-order valence-corrected chi connectivity index (χ4v) is 4.46. The molecular weight excluding hydrogens is 384 g/mol. The molecule has 3 aliphatic rings. The maximum absolute atomic E-state index is 12.2. The lowest BCUT2D eigenvalue weighted by molar-refractivity contribution is -0.344. The number of ether oxygens (including phenoxy) is 5. The van der Waals surface area contributed by atoms with Crippen molar-refractivity contribution in [2.75, 3.05) is 19.8 Å². The summed E-state index contributed by atoms with van der Waals surface area (Å²) < 4.78 is 30.0. The Morgan fingerprint density at radius 2 is 1.77 bits per heavy atom. The molecule has 3 saturated heterocycles. The first kappa shape index (κ1) is 19.7. The van der Waals surface area contributed by atoms with Gasteiger partial charge in [-0.05, 0) is 18.6 Å². The predicted octanol–water partition coefficient (Wildman–Crippen LogP) is 3.87. The highest BCUT2D eigenvalue weighted by molar-refractivity contribution is 5.89. The van der Waals surface area contributed by atoms with Crippen LogP contribution in [0.2, 0.25) is 0 Å². The molecule has 30 heavy (non-hydrogen) atoms. The topological polar surface area (TPSA) is 63.2 Å². The van der Waals surface area contributed by atoms with Crippen LogP contribution in [0.15, 0.2) is 60.7 Å². The molecule has 5 atom stereocenters. The number of rotatable bonds is 4. The van der Waals surface area contributed by atoms with Gasteiger partial charge in [-0.25, -0.2) is 4.79 Å². The van der Waals surface area contributed by atoms with Crippen LogP contribution in [-0.2, 0) is 23.7 Å². The van der Waals surface area contributed by atoms with E-state index in [-0.39, 0.29) is 30.4 Å². The van der Waals surface area contributed by atoms with E-state index in [2.05, 4.69) is 0 Å². The summed E-state index contributed by atoms with van der Waals surface area (Å²) in [6.45, 7) is 1.33. The second-order valence-corrected chi connectivity index (χ2v) is 8.20. The van der Waals surface area contributed by atoms with Crippen LogP contribution in [0, 0.1) is 5.92 Å². The first-order chi connectivity index (χ1) is 14.7. The van der Waals surface area contributed by atoms with E-state index >= 15 is 0 Å². The zero-order valence-electron chi connectivity index (χ0n) is 16.8. The van der Waals surface area contributed by atoms with Crippen molar-refractivity contribution in [2.45, 2.75) is 43.5 Å². The Labute approximate surface area is 176 Å². The van der Waals surface area contributed by atoms with Crippen LogP contribution in [0.25, 0.3) is 0 Å². The molecule has 2 aromatic rings. The van der Waals surface area contributed by atoms with Crippen molar-refractivity contribution in [3.63, 3.8) is 0 Å². The molecule has 1 spiro atoms. The number of carbonyl (C=O) groups excluding carboxylic acids is 1. The Hall–Kier alpha value is -2.25. The SMILES string of the molecule is O=C(OC[C@H]1CO[C@]2(CC[C@@H]3O[C@H](c4ccccc4)OC[C@H]3O2)C1)c1ccccc1. The van der Waals surface area contributed by atoms with Crippen molar-refractivity contribution in [3.05, 3.63) is 71.8 Å². The number of carbonyl (C=O) groups is 1. The molecule has 0 radical (unpaired) electrons. The van der Waals surface area contributed by atoms with Crippen LogP contribution < -0.4 is 0 Å². The average molecular weight is 410 g/mol. The Bertz CT molecular complexity index is 857. The quantitative estimate of drug-likeness (QED) is 0.713. The molecule has 0 bridgehead atoms. The largest absolute Gasteiger partial charge is 0.462 e. The molecule has 5 rings (SSSR count). The molecule has 3 heterocycles. The van der Waals surface area contributed by atoms with Gasteiger partial charge in [0, 0.05) is 24.3 Å². The smallest absolute Gasteiger partial charge is 0.338 e. The number of esters is 1. The molecular formula is C24H26O6. The highest BCUT2D eigenvalue weighted by Gasteiger charge is 2.50. The van der Waals surface area contributed by atoms with Gasteiger partial charge in [-0.1, -0.05) is 48.5 Å². The molecule has 158 valence electrons. The van der Waals surface area contributed by atoms with E-state index in [9.17, 15) is 4.79 Å². The monoisotopic (exact) mass is 410 g/mol. The Morgan fingerprint density at radius 1 is 1.00 bits per heavy atom. The van der Waals surface area contributed by atoms with Crippen LogP contribution in [0.3, 0.4) is 0 Å². The molecule has 0 unspecified atom stereocenters. The highest BCUT2D eigenvalue weighted by Crippen LogP contribution is 2.43. The summed E-state index contributed by atoms with van der Waals surface area (Å²) in [4.78, 5) is 12.2. The fourth-order valence-electron chi connectivity index (χ4n) is 4.46. The zero-order valence-corrected chi connectivity index (χ0v) is 16.8. The molecule has 0 amide bonds. The molecule has 0 N–H and O–H groups in total. The van der Waals surface area contributed by atoms with Gasteiger partial charge in [0.2, 0.25) is 0 Å². The molecule has 2 aromatic carbocycles. The fraction of sp³-hybridized carbons (Fsp3) is 0.458. The summed E-state index contributed by atoms with van der Waals surface area (Å²) in [5.74, 6) is -0.809. The van der Waals surface area contributed by atoms with E-state index < -0.39 is 5.79 Å². The van der Waals surface area contributed by atoms with E-state index in [1.54, 1.807) is 12.1 Å². The molecule has 0 aliphatic carbocycles. The molecule has 0 aromatic heterocycles. The van der Waals surface area contributed by atoms with Gasteiger partial charge >= 0.3 is 5.97 Å². The van der Waals surface area contributed by atoms with Gasteiger partial charge in [0.05, 0.1) is 31.5 Å². The van der Waals surface area contributed by atoms with Crippen molar-refractivity contribution in [1.29, 1.82) is 0 Å². The Balaban J connectivity index is 1.13. The lowest BCUT2D eigenvalue weighted by Crippen LogP contribution is -2.52. The van der Waals surface area contributed by atoms with Crippen molar-refractivity contribution >= 4 is 5.97 Å². The van der Waals surface area contributed by atoms with Crippen molar-refractivity contribution in [3.8, 4) is 0 Å². The highest BCUT2D eigenvalue weighted by atomic mass is 16.8. The minimum Gasteiger partial charge on any atom is -0.462 e. The maximum atomic E-state index is 12.2. The van der Waals surface area contributed by atoms with E-state index in [1.807, 2.05) is 48.5 Å². The maximum Gasteiger partial charge on any atom is 0.338 e. The number of fused-ring (bicyclic) bond motifs is 1. The Kier molecular flexibility index (Phi) is 5.56. The van der Waals surface area contributed by atoms with E-state index in [0.717, 1.165) is 18.4 Å². The third-order valence-corrected chi connectivity index (χ3v) is 6.01. The van der Waals surface area contributed by atoms with Crippen molar-refractivity contribution < 1.29 is 28.5 Å². The third kappa shape index (κ3) is 4.14. The first-order valence-corrected chi connectivity index (χ1v) is 10.6. The second-order valence-electron chi connectivity index (χ2n) is 8.20. The lowest BCUT2D eigenvalue weighted by atomic mass is 9.93. The van der Waals surface area contributed by atoms with Gasteiger partial charge in [-0.3, -0.25) is 0 Å². The standard InChI is InChI=1S/C24H26O6/c25-22(18-7-3-1-4-8-18)26-14-17-13-24(28-15-17)12-11-20-21(30-24)16-27-23(29-20)19-9-5-2-6-10-19/h1-10,17,20-21,23H,11-16H2/t17-,20-,21+,23+,24-/m0/s1. The van der Waals surface area contributed by atoms with Crippen LogP contribution in [-0.4, -0.2) is 43.8 Å². The van der Waals surface area contributed by atoms with Gasteiger partial charge in [0.15, 0.2) is 12.1 Å². The predicted molar refractivity (Wildman–Crippen MR) is 108 cm³/mol. The molecule has 3 aliphatic heterocycles. The van der Waals surface area contributed by atoms with Crippen LogP contribution in [0.4, 0.5) is 0 Å². The van der Waals surface area contributed by atoms with Gasteiger partial charge in [-0.2, -0.15) is 0 Å². The first-order valence-electron chi connectivity index (χ1n) is 10.6. The number of hydrogen-bond acceptors (Lipinski definition) is 6. The zero-order chi connectivity index (χ0) is 20.4. The molecule has 6 nitrogen and oxygen atoms in total. The van der Waals surface area contributed by atoms with Gasteiger partial charge < -0.3 is 23.7 Å². The molecule has 6 heteroatoms. The van der Waals surface area contributed by atoms with Crippen LogP contribution >= 0.6 is 0 Å². The number of benzene rings is 2. The average Bonchev–Trinajstić information content (AvgIpc) is 3.20. The summed E-state index contributed by atoms with van der Waals surface area (Å²) in [5.41, 5.74) is 1.58. The van der Waals surface area contributed by atoms with Crippen molar-refractivity contribution in [1.82, 2.24) is 0 Å². The van der Waals surface area contributed by atoms with Crippen molar-refractivity contribution in [2.24, 2.45) is 5.92 Å². The summed E-state index contributed by atoms with van der Waals surface area (Å²) in [5, 5.41) is 0. The summed E-state index contributed by atoms with van der Waals surface area (Å²) in [6.07, 6.45) is 1.82. The minimum atomic E-state index is -0.628. The molecule has 3 fully saturated rings. The van der Waals surface area contributed by atoms with E-state index in [0.29, 0.717) is 31.8 Å². The van der Waals surface area contributed by atoms with Gasteiger partial charge in [0.1, 0.15) is 6.10 Å². The molecule has 0 saturated carbocycles. The van der Waals surface area contributed by atoms with E-state index in [4.69, 9.17) is 23.7 Å². The van der Waals surface area contributed by atoms with Gasteiger partial charge in [-0.15, -0.1) is 0 Å². The third-order valence-electron chi connectivity index (χ3n) is 6.01. The van der Waals surface area contributed by atoms with Gasteiger partial charge in [0.25, 0.3) is 0 Å².